The minimum absolute atomic E-state index is 0.0897. The Morgan fingerprint density at radius 3 is 2.15 bits per heavy atom. The van der Waals surface area contributed by atoms with Crippen LogP contribution in [0.1, 0.15) is 72.8 Å². The second-order valence-corrected chi connectivity index (χ2v) is 9.98. The Morgan fingerprint density at radius 2 is 1.65 bits per heavy atom. The molecule has 0 aliphatic rings. The molecule has 0 aromatic heterocycles. The van der Waals surface area contributed by atoms with Crippen molar-refractivity contribution in [2.24, 2.45) is 11.3 Å². The quantitative estimate of drug-likeness (QED) is 0.323. The highest BCUT2D eigenvalue weighted by atomic mass is 16.6. The SMILES string of the molecule is CCCC(CCC)CN(CCOc1ccc(CC(OCC)C(=O)O)cc1)C(=O)OCC(C)(C)C. The lowest BCUT2D eigenvalue weighted by Gasteiger charge is -2.28. The van der Waals surface area contributed by atoms with Crippen molar-refractivity contribution in [1.29, 1.82) is 0 Å². The third-order valence-corrected chi connectivity index (χ3v) is 5.38. The minimum Gasteiger partial charge on any atom is -0.492 e. The zero-order valence-corrected chi connectivity index (χ0v) is 22.0. The van der Waals surface area contributed by atoms with Crippen molar-refractivity contribution < 1.29 is 28.9 Å². The third kappa shape index (κ3) is 12.3. The Bertz CT molecular complexity index is 707. The van der Waals surface area contributed by atoms with Crippen molar-refractivity contribution >= 4 is 12.1 Å². The van der Waals surface area contributed by atoms with Crippen LogP contribution in [-0.2, 0) is 20.7 Å². The number of ether oxygens (including phenoxy) is 3. The normalized spacial score (nSPS) is 12.4. The maximum atomic E-state index is 12.8. The highest BCUT2D eigenvalue weighted by Crippen LogP contribution is 2.19. The summed E-state index contributed by atoms with van der Waals surface area (Å²) in [5.74, 6) is 0.155. The Morgan fingerprint density at radius 1 is 1.03 bits per heavy atom. The van der Waals surface area contributed by atoms with E-state index in [0.29, 0.717) is 51.0 Å². The molecule has 0 saturated carbocycles. The van der Waals surface area contributed by atoms with Gasteiger partial charge in [0, 0.05) is 19.6 Å². The van der Waals surface area contributed by atoms with Crippen LogP contribution in [0.3, 0.4) is 0 Å². The van der Waals surface area contributed by atoms with Crippen LogP contribution < -0.4 is 4.74 Å². The molecule has 0 bridgehead atoms. The molecule has 0 heterocycles. The van der Waals surface area contributed by atoms with E-state index < -0.39 is 12.1 Å². The summed E-state index contributed by atoms with van der Waals surface area (Å²) in [5, 5.41) is 9.25. The van der Waals surface area contributed by atoms with Crippen molar-refractivity contribution in [2.45, 2.75) is 79.8 Å². The lowest BCUT2D eigenvalue weighted by Crippen LogP contribution is -2.39. The first-order chi connectivity index (χ1) is 16.1. The molecule has 1 amide bonds. The summed E-state index contributed by atoms with van der Waals surface area (Å²) in [6.45, 7) is 14.4. The summed E-state index contributed by atoms with van der Waals surface area (Å²) in [7, 11) is 0. The Labute approximate surface area is 205 Å². The van der Waals surface area contributed by atoms with Gasteiger partial charge in [0.2, 0.25) is 0 Å². The summed E-state index contributed by atoms with van der Waals surface area (Å²) < 4.78 is 16.8. The number of carbonyl (C=O) groups is 2. The molecule has 1 aromatic rings. The molecule has 0 spiro atoms. The van der Waals surface area contributed by atoms with Crippen LogP contribution in [0.4, 0.5) is 4.79 Å². The maximum Gasteiger partial charge on any atom is 0.409 e. The van der Waals surface area contributed by atoms with Gasteiger partial charge < -0.3 is 24.2 Å². The molecule has 0 aliphatic carbocycles. The van der Waals surface area contributed by atoms with Gasteiger partial charge in [0.25, 0.3) is 0 Å². The second-order valence-electron chi connectivity index (χ2n) is 9.98. The summed E-state index contributed by atoms with van der Waals surface area (Å²) in [6.07, 6.45) is 3.49. The number of hydrogen-bond donors (Lipinski definition) is 1. The molecule has 194 valence electrons. The average Bonchev–Trinajstić information content (AvgIpc) is 2.77. The van der Waals surface area contributed by atoms with Crippen molar-refractivity contribution in [1.82, 2.24) is 4.90 Å². The first-order valence-corrected chi connectivity index (χ1v) is 12.6. The van der Waals surface area contributed by atoms with E-state index >= 15 is 0 Å². The van der Waals surface area contributed by atoms with E-state index in [1.54, 1.807) is 11.8 Å². The van der Waals surface area contributed by atoms with E-state index in [0.717, 1.165) is 31.2 Å². The molecule has 7 nitrogen and oxygen atoms in total. The molecule has 34 heavy (non-hydrogen) atoms. The Balaban J connectivity index is 2.71. The lowest BCUT2D eigenvalue weighted by molar-refractivity contribution is -0.149. The highest BCUT2D eigenvalue weighted by molar-refractivity contribution is 5.72. The summed E-state index contributed by atoms with van der Waals surface area (Å²) >= 11 is 0. The average molecular weight is 480 g/mol. The Hall–Kier alpha value is -2.28. The monoisotopic (exact) mass is 479 g/mol. The fraction of sp³-hybridized carbons (Fsp3) is 0.704. The molecule has 0 radical (unpaired) electrons. The van der Waals surface area contributed by atoms with Crippen molar-refractivity contribution in [2.75, 3.05) is 32.9 Å². The molecule has 0 fully saturated rings. The number of carboxylic acids is 1. The van der Waals surface area contributed by atoms with Gasteiger partial charge >= 0.3 is 12.1 Å². The number of amides is 1. The summed E-state index contributed by atoms with van der Waals surface area (Å²) in [6, 6.07) is 7.33. The van der Waals surface area contributed by atoms with Gasteiger partial charge in [0.1, 0.15) is 12.4 Å². The predicted molar refractivity (Wildman–Crippen MR) is 134 cm³/mol. The topological polar surface area (TPSA) is 85.3 Å². The molecular weight excluding hydrogens is 434 g/mol. The van der Waals surface area contributed by atoms with E-state index in [1.807, 2.05) is 45.0 Å². The van der Waals surface area contributed by atoms with Crippen LogP contribution >= 0.6 is 0 Å². The number of hydrogen-bond acceptors (Lipinski definition) is 5. The van der Waals surface area contributed by atoms with E-state index in [4.69, 9.17) is 14.2 Å². The van der Waals surface area contributed by atoms with Gasteiger partial charge in [0.15, 0.2) is 6.10 Å². The van der Waals surface area contributed by atoms with Gasteiger partial charge in [-0.25, -0.2) is 9.59 Å². The predicted octanol–water partition coefficient (Wildman–Crippen LogP) is 5.80. The van der Waals surface area contributed by atoms with Crippen LogP contribution in [0, 0.1) is 11.3 Å². The van der Waals surface area contributed by atoms with Crippen LogP contribution in [0.5, 0.6) is 5.75 Å². The molecule has 1 atom stereocenters. The minimum atomic E-state index is -0.968. The number of benzene rings is 1. The largest absolute Gasteiger partial charge is 0.492 e. The molecule has 1 aromatic carbocycles. The molecular formula is C27H45NO6. The second kappa shape index (κ2) is 15.6. The van der Waals surface area contributed by atoms with Crippen LogP contribution in [-0.4, -0.2) is 61.1 Å². The van der Waals surface area contributed by atoms with Gasteiger partial charge in [-0.05, 0) is 48.8 Å². The van der Waals surface area contributed by atoms with E-state index in [-0.39, 0.29) is 11.5 Å². The van der Waals surface area contributed by atoms with E-state index in [1.165, 1.54) is 0 Å². The van der Waals surface area contributed by atoms with Crippen LogP contribution in [0.25, 0.3) is 0 Å². The fourth-order valence-electron chi connectivity index (χ4n) is 3.71. The van der Waals surface area contributed by atoms with Gasteiger partial charge in [-0.1, -0.05) is 59.6 Å². The van der Waals surface area contributed by atoms with Crippen LogP contribution in [0.2, 0.25) is 0 Å². The van der Waals surface area contributed by atoms with Crippen LogP contribution in [0.15, 0.2) is 24.3 Å². The highest BCUT2D eigenvalue weighted by Gasteiger charge is 2.22. The smallest absolute Gasteiger partial charge is 0.409 e. The van der Waals surface area contributed by atoms with Gasteiger partial charge in [-0.2, -0.15) is 0 Å². The van der Waals surface area contributed by atoms with Gasteiger partial charge in [-0.15, -0.1) is 0 Å². The van der Waals surface area contributed by atoms with Crippen molar-refractivity contribution in [3.8, 4) is 5.75 Å². The zero-order chi connectivity index (χ0) is 25.6. The lowest BCUT2D eigenvalue weighted by atomic mass is 9.97. The number of carboxylic acid groups (broad SMARTS) is 1. The zero-order valence-electron chi connectivity index (χ0n) is 22.0. The summed E-state index contributed by atoms with van der Waals surface area (Å²) in [4.78, 5) is 25.9. The molecule has 1 rings (SSSR count). The number of carbonyl (C=O) groups excluding carboxylic acids is 1. The molecule has 0 saturated heterocycles. The summed E-state index contributed by atoms with van der Waals surface area (Å²) in [5.41, 5.74) is 0.774. The first-order valence-electron chi connectivity index (χ1n) is 12.6. The molecule has 1 N–H and O–H groups in total. The van der Waals surface area contributed by atoms with E-state index in [9.17, 15) is 14.7 Å². The maximum absolute atomic E-state index is 12.8. The number of rotatable bonds is 16. The third-order valence-electron chi connectivity index (χ3n) is 5.38. The van der Waals surface area contributed by atoms with Crippen molar-refractivity contribution in [3.63, 3.8) is 0 Å². The molecule has 1 unspecified atom stereocenters. The number of aliphatic carboxylic acids is 1. The van der Waals surface area contributed by atoms with Crippen molar-refractivity contribution in [3.05, 3.63) is 29.8 Å². The molecule has 0 aliphatic heterocycles. The fourth-order valence-corrected chi connectivity index (χ4v) is 3.71. The van der Waals surface area contributed by atoms with E-state index in [2.05, 4.69) is 13.8 Å². The van der Waals surface area contributed by atoms with Gasteiger partial charge in [0.05, 0.1) is 13.2 Å². The Kier molecular flexibility index (Phi) is 13.6. The standard InChI is InChI=1S/C27H45NO6/c1-7-10-22(11-8-2)19-28(26(31)34-20-27(4,5)6)16-17-33-23-14-12-21(13-15-23)18-24(25(29)30)32-9-3/h12-15,22,24H,7-11,16-20H2,1-6H3,(H,29,30). The van der Waals surface area contributed by atoms with Gasteiger partial charge in [-0.3, -0.25) is 0 Å². The first kappa shape index (κ1) is 29.8. The molecule has 7 heteroatoms. The number of nitrogens with zero attached hydrogens (tertiary/aromatic N) is 1.